The van der Waals surface area contributed by atoms with Crippen LogP contribution >= 0.6 is 0 Å². The molecule has 1 aliphatic heterocycles. The second-order valence-corrected chi connectivity index (χ2v) is 6.64. The average Bonchev–Trinajstić information content (AvgIpc) is 3.22. The summed E-state index contributed by atoms with van der Waals surface area (Å²) < 4.78 is 11.3. The lowest BCUT2D eigenvalue weighted by Gasteiger charge is -2.32. The number of H-pyrrole nitrogens is 1. The maximum absolute atomic E-state index is 6.06. The molecule has 27 heavy (non-hydrogen) atoms. The van der Waals surface area contributed by atoms with Gasteiger partial charge in [0, 0.05) is 43.3 Å². The number of ether oxygens (including phenoxy) is 2. The Kier molecular flexibility index (Phi) is 5.29. The molecule has 7 heteroatoms. The van der Waals surface area contributed by atoms with E-state index < -0.39 is 0 Å². The van der Waals surface area contributed by atoms with Crippen molar-refractivity contribution in [2.24, 2.45) is 0 Å². The minimum atomic E-state index is 0.281. The number of piperidine rings is 1. The lowest BCUT2D eigenvalue weighted by atomic mass is 9.94. The zero-order valence-electron chi connectivity index (χ0n) is 15.3. The van der Waals surface area contributed by atoms with Crippen LogP contribution in [0.3, 0.4) is 0 Å². The fourth-order valence-corrected chi connectivity index (χ4v) is 3.49. The highest BCUT2D eigenvalue weighted by molar-refractivity contribution is 5.36. The van der Waals surface area contributed by atoms with Crippen LogP contribution in [0.25, 0.3) is 0 Å². The van der Waals surface area contributed by atoms with E-state index in [-0.39, 0.29) is 5.92 Å². The van der Waals surface area contributed by atoms with Crippen LogP contribution in [-0.4, -0.2) is 45.0 Å². The maximum atomic E-state index is 6.06. The van der Waals surface area contributed by atoms with Crippen LogP contribution in [-0.2, 0) is 6.54 Å². The number of benzene rings is 1. The van der Waals surface area contributed by atoms with E-state index in [2.05, 4.69) is 24.8 Å². The summed E-state index contributed by atoms with van der Waals surface area (Å²) in [6.45, 7) is 2.78. The third-order valence-electron chi connectivity index (χ3n) is 4.77. The Balaban J connectivity index is 1.51. The normalized spacial score (nSPS) is 17.6. The van der Waals surface area contributed by atoms with Gasteiger partial charge < -0.3 is 14.5 Å². The van der Waals surface area contributed by atoms with Crippen molar-refractivity contribution in [3.63, 3.8) is 0 Å². The maximum Gasteiger partial charge on any atom is 0.241 e. The SMILES string of the molecule is COc1cccc(Oc2nccnc2C2CCCN(Cc3ncc[nH]3)C2)c1. The summed E-state index contributed by atoms with van der Waals surface area (Å²) >= 11 is 0. The Morgan fingerprint density at radius 1 is 1.15 bits per heavy atom. The van der Waals surface area contributed by atoms with E-state index in [0.29, 0.717) is 11.6 Å². The lowest BCUT2D eigenvalue weighted by Crippen LogP contribution is -2.34. The van der Waals surface area contributed by atoms with Crippen LogP contribution in [0.15, 0.2) is 49.1 Å². The summed E-state index contributed by atoms with van der Waals surface area (Å²) in [6.07, 6.45) is 9.24. The molecule has 0 radical (unpaired) electrons. The second kappa shape index (κ2) is 8.18. The quantitative estimate of drug-likeness (QED) is 0.722. The first-order valence-corrected chi connectivity index (χ1v) is 9.15. The summed E-state index contributed by atoms with van der Waals surface area (Å²) in [5.74, 6) is 3.28. The average molecular weight is 365 g/mol. The molecule has 1 N–H and O–H groups in total. The summed E-state index contributed by atoms with van der Waals surface area (Å²) in [5, 5.41) is 0. The molecule has 1 atom stereocenters. The highest BCUT2D eigenvalue weighted by Crippen LogP contribution is 2.33. The molecule has 2 aromatic heterocycles. The molecule has 3 aromatic rings. The lowest BCUT2D eigenvalue weighted by molar-refractivity contribution is 0.193. The van der Waals surface area contributed by atoms with Crippen molar-refractivity contribution in [2.45, 2.75) is 25.3 Å². The monoisotopic (exact) mass is 365 g/mol. The number of aromatic nitrogens is 4. The van der Waals surface area contributed by atoms with Crippen molar-refractivity contribution >= 4 is 0 Å². The van der Waals surface area contributed by atoms with Gasteiger partial charge in [-0.2, -0.15) is 0 Å². The fourth-order valence-electron chi connectivity index (χ4n) is 3.49. The highest BCUT2D eigenvalue weighted by Gasteiger charge is 2.26. The molecule has 0 spiro atoms. The van der Waals surface area contributed by atoms with Crippen molar-refractivity contribution in [1.29, 1.82) is 0 Å². The molecule has 0 aliphatic carbocycles. The smallest absolute Gasteiger partial charge is 0.241 e. The number of hydrogen-bond acceptors (Lipinski definition) is 6. The van der Waals surface area contributed by atoms with E-state index in [1.165, 1.54) is 0 Å². The van der Waals surface area contributed by atoms with Crippen LogP contribution in [0.2, 0.25) is 0 Å². The minimum Gasteiger partial charge on any atom is -0.497 e. The molecule has 1 aliphatic rings. The highest BCUT2D eigenvalue weighted by atomic mass is 16.5. The topological polar surface area (TPSA) is 76.2 Å². The van der Waals surface area contributed by atoms with Crippen LogP contribution in [0.1, 0.15) is 30.3 Å². The van der Waals surface area contributed by atoms with Gasteiger partial charge in [-0.15, -0.1) is 0 Å². The van der Waals surface area contributed by atoms with E-state index in [1.807, 2.05) is 30.5 Å². The second-order valence-electron chi connectivity index (χ2n) is 6.64. The summed E-state index contributed by atoms with van der Waals surface area (Å²) in [6, 6.07) is 7.53. The van der Waals surface area contributed by atoms with Gasteiger partial charge in [0.1, 0.15) is 23.0 Å². The molecule has 0 bridgehead atoms. The summed E-state index contributed by atoms with van der Waals surface area (Å²) in [5.41, 5.74) is 0.907. The Bertz CT molecular complexity index is 868. The Morgan fingerprint density at radius 3 is 2.89 bits per heavy atom. The van der Waals surface area contributed by atoms with Crippen molar-refractivity contribution in [1.82, 2.24) is 24.8 Å². The van der Waals surface area contributed by atoms with Crippen LogP contribution in [0.4, 0.5) is 0 Å². The zero-order chi connectivity index (χ0) is 18.5. The first-order chi connectivity index (χ1) is 13.3. The van der Waals surface area contributed by atoms with Crippen LogP contribution in [0.5, 0.6) is 17.4 Å². The number of methoxy groups -OCH3 is 1. The van der Waals surface area contributed by atoms with Gasteiger partial charge >= 0.3 is 0 Å². The third-order valence-corrected chi connectivity index (χ3v) is 4.77. The number of nitrogens with one attached hydrogen (secondary N) is 1. The van der Waals surface area contributed by atoms with E-state index in [4.69, 9.17) is 9.47 Å². The molecular formula is C20H23N5O2. The largest absolute Gasteiger partial charge is 0.497 e. The van der Waals surface area contributed by atoms with Gasteiger partial charge in [-0.25, -0.2) is 9.97 Å². The standard InChI is InChI=1S/C20H23N5O2/c1-26-16-5-2-6-17(12-16)27-20-19(23-9-10-24-20)15-4-3-11-25(13-15)14-18-21-7-8-22-18/h2,5-10,12,15H,3-4,11,13-14H2,1H3,(H,21,22). The van der Waals surface area contributed by atoms with Crippen LogP contribution in [0, 0.1) is 0 Å². The van der Waals surface area contributed by atoms with Gasteiger partial charge in [-0.1, -0.05) is 6.07 Å². The Morgan fingerprint density at radius 2 is 2.04 bits per heavy atom. The number of imidazole rings is 1. The van der Waals surface area contributed by atoms with Gasteiger partial charge in [-0.05, 0) is 31.5 Å². The molecule has 4 rings (SSSR count). The van der Waals surface area contributed by atoms with Gasteiger partial charge in [0.05, 0.1) is 13.7 Å². The van der Waals surface area contributed by atoms with Crippen molar-refractivity contribution in [3.05, 3.63) is 60.6 Å². The zero-order valence-corrected chi connectivity index (χ0v) is 15.3. The Labute approximate surface area is 158 Å². The van der Waals surface area contributed by atoms with Gasteiger partial charge in [-0.3, -0.25) is 9.88 Å². The van der Waals surface area contributed by atoms with Gasteiger partial charge in [0.25, 0.3) is 0 Å². The van der Waals surface area contributed by atoms with Gasteiger partial charge in [0.15, 0.2) is 0 Å². The first-order valence-electron chi connectivity index (χ1n) is 9.15. The summed E-state index contributed by atoms with van der Waals surface area (Å²) in [4.78, 5) is 19.0. The third kappa shape index (κ3) is 4.25. The minimum absolute atomic E-state index is 0.281. The molecule has 3 heterocycles. The number of nitrogens with zero attached hydrogens (tertiary/aromatic N) is 4. The number of hydrogen-bond donors (Lipinski definition) is 1. The van der Waals surface area contributed by atoms with Crippen LogP contribution < -0.4 is 9.47 Å². The predicted molar refractivity (Wildman–Crippen MR) is 101 cm³/mol. The number of aromatic amines is 1. The molecule has 1 saturated heterocycles. The van der Waals surface area contributed by atoms with Crippen molar-refractivity contribution < 1.29 is 9.47 Å². The number of likely N-dealkylation sites (tertiary alicyclic amines) is 1. The van der Waals surface area contributed by atoms with Crippen molar-refractivity contribution in [2.75, 3.05) is 20.2 Å². The number of rotatable bonds is 6. The molecule has 0 amide bonds. The predicted octanol–water partition coefficient (Wildman–Crippen LogP) is 3.38. The van der Waals surface area contributed by atoms with E-state index in [1.54, 1.807) is 25.7 Å². The molecule has 1 unspecified atom stereocenters. The van der Waals surface area contributed by atoms with Crippen molar-refractivity contribution in [3.8, 4) is 17.4 Å². The molecular weight excluding hydrogens is 342 g/mol. The Hall–Kier alpha value is -2.93. The molecule has 0 saturated carbocycles. The summed E-state index contributed by atoms with van der Waals surface area (Å²) in [7, 11) is 1.64. The van der Waals surface area contributed by atoms with E-state index in [0.717, 1.165) is 49.7 Å². The molecule has 1 fully saturated rings. The molecule has 1 aromatic carbocycles. The van der Waals surface area contributed by atoms with Gasteiger partial charge in [0.2, 0.25) is 5.88 Å². The fraction of sp³-hybridized carbons (Fsp3) is 0.350. The van der Waals surface area contributed by atoms with E-state index in [9.17, 15) is 0 Å². The molecule has 140 valence electrons. The first kappa shape index (κ1) is 17.5. The van der Waals surface area contributed by atoms with E-state index >= 15 is 0 Å². The molecule has 7 nitrogen and oxygen atoms in total.